The minimum Gasteiger partial charge on any atom is -0.325 e. The van der Waals surface area contributed by atoms with Crippen LogP contribution in [0.15, 0.2) is 66.7 Å². The Hall–Kier alpha value is -3.38. The summed E-state index contributed by atoms with van der Waals surface area (Å²) in [6, 6.07) is 19.3. The maximum atomic E-state index is 13.1. The molecule has 1 atom stereocenters. The number of carbonyl (C=O) groups is 3. The van der Waals surface area contributed by atoms with E-state index in [0.717, 1.165) is 15.7 Å². The Bertz CT molecular complexity index is 1130. The Morgan fingerprint density at radius 1 is 1.03 bits per heavy atom. The van der Waals surface area contributed by atoms with Crippen LogP contribution in [-0.2, 0) is 15.1 Å². The predicted molar refractivity (Wildman–Crippen MR) is 112 cm³/mol. The topological polar surface area (TPSA) is 78.5 Å². The highest BCUT2D eigenvalue weighted by molar-refractivity contribution is 6.30. The molecule has 1 heterocycles. The smallest absolute Gasteiger partial charge is 0.325 e. The van der Waals surface area contributed by atoms with Gasteiger partial charge in [0.05, 0.1) is 0 Å². The third-order valence-corrected chi connectivity index (χ3v) is 5.28. The molecule has 1 saturated heterocycles. The van der Waals surface area contributed by atoms with E-state index in [9.17, 15) is 14.4 Å². The number of hydrogen-bond donors (Lipinski definition) is 2. The molecule has 1 fully saturated rings. The normalized spacial score (nSPS) is 18.8. The summed E-state index contributed by atoms with van der Waals surface area (Å²) < 4.78 is 0. The van der Waals surface area contributed by atoms with Crippen molar-refractivity contribution in [1.29, 1.82) is 0 Å². The summed E-state index contributed by atoms with van der Waals surface area (Å²) in [4.78, 5) is 38.8. The van der Waals surface area contributed by atoms with Crippen LogP contribution in [-0.4, -0.2) is 29.3 Å². The first-order chi connectivity index (χ1) is 13.9. The average molecular weight is 408 g/mol. The second-order valence-electron chi connectivity index (χ2n) is 7.06. The minimum atomic E-state index is -1.23. The van der Waals surface area contributed by atoms with Crippen LogP contribution in [0.3, 0.4) is 0 Å². The molecule has 0 spiro atoms. The molecule has 0 saturated carbocycles. The molecule has 1 unspecified atom stereocenters. The lowest BCUT2D eigenvalue weighted by Gasteiger charge is -2.22. The Morgan fingerprint density at radius 3 is 2.45 bits per heavy atom. The lowest BCUT2D eigenvalue weighted by molar-refractivity contribution is -0.133. The van der Waals surface area contributed by atoms with Crippen molar-refractivity contribution in [3.05, 3.63) is 77.3 Å². The van der Waals surface area contributed by atoms with Crippen molar-refractivity contribution in [1.82, 2.24) is 10.2 Å². The van der Waals surface area contributed by atoms with E-state index in [2.05, 4.69) is 10.6 Å². The highest BCUT2D eigenvalue weighted by Gasteiger charge is 2.49. The quantitative estimate of drug-likeness (QED) is 0.644. The number of benzene rings is 3. The largest absolute Gasteiger partial charge is 0.325 e. The molecular weight excluding hydrogens is 390 g/mol. The maximum Gasteiger partial charge on any atom is 0.325 e. The van der Waals surface area contributed by atoms with Crippen LogP contribution in [0.25, 0.3) is 10.8 Å². The summed E-state index contributed by atoms with van der Waals surface area (Å²) in [6.45, 7) is 1.27. The van der Waals surface area contributed by atoms with Gasteiger partial charge in [-0.2, -0.15) is 0 Å². The number of nitrogens with zero attached hydrogens (tertiary/aromatic N) is 1. The fourth-order valence-electron chi connectivity index (χ4n) is 3.41. The van der Waals surface area contributed by atoms with E-state index < -0.39 is 23.4 Å². The molecular formula is C22H18ClN3O3. The zero-order valence-corrected chi connectivity index (χ0v) is 16.4. The molecule has 0 bridgehead atoms. The molecule has 3 aromatic rings. The van der Waals surface area contributed by atoms with Gasteiger partial charge in [-0.25, -0.2) is 4.79 Å². The van der Waals surface area contributed by atoms with Crippen molar-refractivity contribution in [3.63, 3.8) is 0 Å². The Morgan fingerprint density at radius 2 is 1.72 bits per heavy atom. The molecule has 0 radical (unpaired) electrons. The van der Waals surface area contributed by atoms with Gasteiger partial charge in [0.25, 0.3) is 5.91 Å². The molecule has 4 rings (SSSR count). The van der Waals surface area contributed by atoms with Gasteiger partial charge in [0.15, 0.2) is 0 Å². The Kier molecular flexibility index (Phi) is 4.72. The number of urea groups is 1. The number of fused-ring (bicyclic) bond motifs is 1. The number of hydrogen-bond acceptors (Lipinski definition) is 3. The van der Waals surface area contributed by atoms with E-state index in [1.54, 1.807) is 31.2 Å². The van der Waals surface area contributed by atoms with E-state index in [1.165, 1.54) is 0 Å². The van der Waals surface area contributed by atoms with E-state index in [-0.39, 0.29) is 6.54 Å². The molecule has 1 aliphatic heterocycles. The zero-order valence-electron chi connectivity index (χ0n) is 15.6. The number of rotatable bonds is 4. The molecule has 29 heavy (non-hydrogen) atoms. The maximum absolute atomic E-state index is 13.1. The Labute approximate surface area is 172 Å². The highest BCUT2D eigenvalue weighted by atomic mass is 35.5. The first-order valence-corrected chi connectivity index (χ1v) is 9.43. The van der Waals surface area contributed by atoms with E-state index in [1.807, 2.05) is 42.5 Å². The second kappa shape index (κ2) is 7.22. The molecule has 146 valence electrons. The minimum absolute atomic E-state index is 0.379. The lowest BCUT2D eigenvalue weighted by atomic mass is 9.90. The standard InChI is InChI=1S/C22H18ClN3O3/c1-22(16-7-6-14-4-2-3-5-15(14)12-16)20(28)26(21(29)25-22)13-19(27)24-18-10-8-17(23)9-11-18/h2-12H,13H2,1H3,(H,24,27)(H,25,29). The molecule has 7 heteroatoms. The zero-order chi connectivity index (χ0) is 20.6. The number of nitrogens with one attached hydrogen (secondary N) is 2. The fourth-order valence-corrected chi connectivity index (χ4v) is 3.54. The van der Waals surface area contributed by atoms with Gasteiger partial charge >= 0.3 is 6.03 Å². The molecule has 1 aliphatic rings. The van der Waals surface area contributed by atoms with Crippen LogP contribution < -0.4 is 10.6 Å². The molecule has 6 nitrogen and oxygen atoms in total. The summed E-state index contributed by atoms with van der Waals surface area (Å²) in [5, 5.41) is 7.93. The first kappa shape index (κ1) is 19.0. The van der Waals surface area contributed by atoms with Crippen LogP contribution in [0, 0.1) is 0 Å². The molecule has 3 aromatic carbocycles. The summed E-state index contributed by atoms with van der Waals surface area (Å²) in [6.07, 6.45) is 0. The van der Waals surface area contributed by atoms with Crippen LogP contribution in [0.1, 0.15) is 12.5 Å². The molecule has 0 aromatic heterocycles. The molecule has 0 aliphatic carbocycles. The van der Waals surface area contributed by atoms with Crippen LogP contribution in [0.2, 0.25) is 5.02 Å². The van der Waals surface area contributed by atoms with Crippen molar-refractivity contribution in [2.75, 3.05) is 11.9 Å². The number of halogens is 1. The molecule has 4 amide bonds. The first-order valence-electron chi connectivity index (χ1n) is 9.06. The summed E-state index contributed by atoms with van der Waals surface area (Å²) in [5.41, 5.74) is -0.0410. The number of imide groups is 1. The predicted octanol–water partition coefficient (Wildman–Crippen LogP) is 3.90. The van der Waals surface area contributed by atoms with Gasteiger partial charge in [0, 0.05) is 10.7 Å². The third-order valence-electron chi connectivity index (χ3n) is 5.03. The van der Waals surface area contributed by atoms with Gasteiger partial charge < -0.3 is 10.6 Å². The van der Waals surface area contributed by atoms with Crippen molar-refractivity contribution >= 4 is 45.9 Å². The van der Waals surface area contributed by atoms with Crippen molar-refractivity contribution < 1.29 is 14.4 Å². The van der Waals surface area contributed by atoms with E-state index >= 15 is 0 Å². The second-order valence-corrected chi connectivity index (χ2v) is 7.50. The van der Waals surface area contributed by atoms with Gasteiger partial charge in [0.2, 0.25) is 5.91 Å². The molecule has 2 N–H and O–H groups in total. The van der Waals surface area contributed by atoms with Crippen LogP contribution in [0.5, 0.6) is 0 Å². The van der Waals surface area contributed by atoms with Crippen LogP contribution >= 0.6 is 11.6 Å². The van der Waals surface area contributed by atoms with Gasteiger partial charge in [-0.15, -0.1) is 0 Å². The van der Waals surface area contributed by atoms with Gasteiger partial charge in [0.1, 0.15) is 12.1 Å². The Balaban J connectivity index is 1.54. The van der Waals surface area contributed by atoms with Gasteiger partial charge in [-0.1, -0.05) is 48.0 Å². The average Bonchev–Trinajstić information content (AvgIpc) is 2.93. The summed E-state index contributed by atoms with van der Waals surface area (Å²) in [7, 11) is 0. The van der Waals surface area contributed by atoms with Crippen molar-refractivity contribution in [2.45, 2.75) is 12.5 Å². The number of carbonyl (C=O) groups excluding carboxylic acids is 3. The number of amides is 4. The van der Waals surface area contributed by atoms with Crippen molar-refractivity contribution in [3.8, 4) is 0 Å². The van der Waals surface area contributed by atoms with Crippen LogP contribution in [0.4, 0.5) is 10.5 Å². The van der Waals surface area contributed by atoms with Crippen molar-refractivity contribution in [2.24, 2.45) is 0 Å². The lowest BCUT2D eigenvalue weighted by Crippen LogP contribution is -2.42. The van der Waals surface area contributed by atoms with Gasteiger partial charge in [-0.05, 0) is 53.6 Å². The monoisotopic (exact) mass is 407 g/mol. The van der Waals surface area contributed by atoms with E-state index in [0.29, 0.717) is 16.3 Å². The SMILES string of the molecule is CC1(c2ccc3ccccc3c2)NC(=O)N(CC(=O)Nc2ccc(Cl)cc2)C1=O. The third kappa shape index (κ3) is 3.54. The summed E-state index contributed by atoms with van der Waals surface area (Å²) >= 11 is 5.83. The fraction of sp³-hybridized carbons (Fsp3) is 0.136. The summed E-state index contributed by atoms with van der Waals surface area (Å²) in [5.74, 6) is -0.942. The van der Waals surface area contributed by atoms with Gasteiger partial charge in [-0.3, -0.25) is 14.5 Å². The number of anilines is 1. The highest BCUT2D eigenvalue weighted by Crippen LogP contribution is 2.31. The van der Waals surface area contributed by atoms with E-state index in [4.69, 9.17) is 11.6 Å².